The number of benzene rings is 1. The lowest BCUT2D eigenvalue weighted by atomic mass is 9.63. The molecule has 0 radical (unpaired) electrons. The molecule has 0 unspecified atom stereocenters. The second kappa shape index (κ2) is 4.28. The van der Waals surface area contributed by atoms with Crippen molar-refractivity contribution in [3.05, 3.63) is 35.4 Å². The number of methoxy groups -OCH3 is 1. The van der Waals surface area contributed by atoms with Crippen LogP contribution >= 0.6 is 0 Å². The molecule has 0 atom stereocenters. The highest BCUT2D eigenvalue weighted by atomic mass is 16.5. The highest BCUT2D eigenvalue weighted by Gasteiger charge is 2.47. The smallest absolute Gasteiger partial charge is 0.316 e. The summed E-state index contributed by atoms with van der Waals surface area (Å²) >= 11 is 0. The Morgan fingerprint density at radius 1 is 1.38 bits per heavy atom. The maximum Gasteiger partial charge on any atom is 0.316 e. The van der Waals surface area contributed by atoms with Gasteiger partial charge in [0.05, 0.1) is 12.5 Å². The SMILES string of the molecule is CCc1ccccc1C1(C(=O)OC)CCC1. The summed E-state index contributed by atoms with van der Waals surface area (Å²) in [6.45, 7) is 2.13. The van der Waals surface area contributed by atoms with Crippen molar-refractivity contribution in [1.29, 1.82) is 0 Å². The number of ether oxygens (including phenoxy) is 1. The van der Waals surface area contributed by atoms with E-state index in [9.17, 15) is 4.79 Å². The molecule has 0 saturated heterocycles. The van der Waals surface area contributed by atoms with Gasteiger partial charge >= 0.3 is 5.97 Å². The van der Waals surface area contributed by atoms with Crippen LogP contribution in [0, 0.1) is 0 Å². The van der Waals surface area contributed by atoms with Crippen molar-refractivity contribution in [2.24, 2.45) is 0 Å². The zero-order valence-corrected chi connectivity index (χ0v) is 9.95. The third-order valence-electron chi connectivity index (χ3n) is 3.70. The average Bonchev–Trinajstić information content (AvgIpc) is 2.28. The number of carbonyl (C=O) groups excluding carboxylic acids is 1. The molecule has 1 fully saturated rings. The fourth-order valence-electron chi connectivity index (χ4n) is 2.60. The molecule has 0 aliphatic heterocycles. The van der Waals surface area contributed by atoms with E-state index < -0.39 is 0 Å². The highest BCUT2D eigenvalue weighted by molar-refractivity contribution is 5.84. The Labute approximate surface area is 96.6 Å². The highest BCUT2D eigenvalue weighted by Crippen LogP contribution is 2.45. The van der Waals surface area contributed by atoms with Crippen LogP contribution in [0.25, 0.3) is 0 Å². The summed E-state index contributed by atoms with van der Waals surface area (Å²) in [6, 6.07) is 8.23. The van der Waals surface area contributed by atoms with Crippen LogP contribution in [0.5, 0.6) is 0 Å². The van der Waals surface area contributed by atoms with Crippen LogP contribution in [0.15, 0.2) is 24.3 Å². The molecule has 2 rings (SSSR count). The van der Waals surface area contributed by atoms with E-state index in [-0.39, 0.29) is 11.4 Å². The first-order chi connectivity index (χ1) is 7.74. The van der Waals surface area contributed by atoms with Crippen LogP contribution in [0.1, 0.15) is 37.3 Å². The van der Waals surface area contributed by atoms with Gasteiger partial charge in [0.2, 0.25) is 0 Å². The Hall–Kier alpha value is -1.31. The van der Waals surface area contributed by atoms with Gasteiger partial charge in [0, 0.05) is 0 Å². The molecule has 1 aliphatic rings. The van der Waals surface area contributed by atoms with E-state index in [1.165, 1.54) is 18.2 Å². The van der Waals surface area contributed by atoms with Gasteiger partial charge in [0.1, 0.15) is 0 Å². The van der Waals surface area contributed by atoms with E-state index in [4.69, 9.17) is 4.74 Å². The van der Waals surface area contributed by atoms with Crippen LogP contribution < -0.4 is 0 Å². The Morgan fingerprint density at radius 2 is 2.06 bits per heavy atom. The molecule has 0 aromatic heterocycles. The molecule has 0 N–H and O–H groups in total. The summed E-state index contributed by atoms with van der Waals surface area (Å²) in [7, 11) is 1.48. The fourth-order valence-corrected chi connectivity index (χ4v) is 2.60. The summed E-state index contributed by atoms with van der Waals surface area (Å²) in [5, 5.41) is 0. The van der Waals surface area contributed by atoms with Crippen LogP contribution in [0.3, 0.4) is 0 Å². The van der Waals surface area contributed by atoms with E-state index in [1.54, 1.807) is 0 Å². The minimum absolute atomic E-state index is 0.0698. The van der Waals surface area contributed by atoms with Gasteiger partial charge in [-0.25, -0.2) is 0 Å². The number of aryl methyl sites for hydroxylation is 1. The predicted molar refractivity (Wildman–Crippen MR) is 63.4 cm³/mol. The van der Waals surface area contributed by atoms with Crippen molar-refractivity contribution < 1.29 is 9.53 Å². The van der Waals surface area contributed by atoms with E-state index in [0.29, 0.717) is 0 Å². The molecule has 1 aromatic carbocycles. The van der Waals surface area contributed by atoms with Gasteiger partial charge in [-0.15, -0.1) is 0 Å². The summed E-state index contributed by atoms with van der Waals surface area (Å²) in [6.07, 6.45) is 3.94. The second-order valence-electron chi connectivity index (χ2n) is 4.44. The molecule has 0 bridgehead atoms. The molecule has 0 amide bonds. The van der Waals surface area contributed by atoms with E-state index >= 15 is 0 Å². The quantitative estimate of drug-likeness (QED) is 0.729. The van der Waals surface area contributed by atoms with Gasteiger partial charge in [-0.1, -0.05) is 37.6 Å². The monoisotopic (exact) mass is 218 g/mol. The van der Waals surface area contributed by atoms with Crippen molar-refractivity contribution in [2.45, 2.75) is 38.0 Å². The molecule has 86 valence electrons. The third-order valence-corrected chi connectivity index (χ3v) is 3.70. The first-order valence-corrected chi connectivity index (χ1v) is 5.91. The Kier molecular flexibility index (Phi) is 2.99. The summed E-state index contributed by atoms with van der Waals surface area (Å²) in [5.74, 6) is -0.0698. The molecule has 1 aromatic rings. The van der Waals surface area contributed by atoms with Crippen LogP contribution in [-0.2, 0) is 21.4 Å². The Morgan fingerprint density at radius 3 is 2.56 bits per heavy atom. The van der Waals surface area contributed by atoms with E-state index in [2.05, 4.69) is 19.1 Å². The first-order valence-electron chi connectivity index (χ1n) is 5.91. The zero-order valence-electron chi connectivity index (χ0n) is 9.95. The van der Waals surface area contributed by atoms with Gasteiger partial charge < -0.3 is 4.74 Å². The number of rotatable bonds is 3. The fraction of sp³-hybridized carbons (Fsp3) is 0.500. The van der Waals surface area contributed by atoms with Gasteiger partial charge in [0.15, 0.2) is 0 Å². The van der Waals surface area contributed by atoms with E-state index in [0.717, 1.165) is 25.7 Å². The molecule has 1 saturated carbocycles. The van der Waals surface area contributed by atoms with Gasteiger partial charge in [0.25, 0.3) is 0 Å². The van der Waals surface area contributed by atoms with Crippen molar-refractivity contribution in [3.63, 3.8) is 0 Å². The minimum atomic E-state index is -0.346. The number of esters is 1. The molecule has 2 heteroatoms. The minimum Gasteiger partial charge on any atom is -0.468 e. The summed E-state index contributed by atoms with van der Waals surface area (Å²) in [4.78, 5) is 12.0. The van der Waals surface area contributed by atoms with Gasteiger partial charge in [-0.2, -0.15) is 0 Å². The standard InChI is InChI=1S/C14H18O2/c1-3-11-7-4-5-8-12(11)14(9-6-10-14)13(15)16-2/h4-5,7-8H,3,6,9-10H2,1-2H3. The summed E-state index contributed by atoms with van der Waals surface area (Å²) < 4.78 is 4.97. The lowest BCUT2D eigenvalue weighted by Gasteiger charge is -2.40. The van der Waals surface area contributed by atoms with Crippen molar-refractivity contribution in [3.8, 4) is 0 Å². The van der Waals surface area contributed by atoms with E-state index in [1.807, 2.05) is 12.1 Å². The molecule has 1 aliphatic carbocycles. The molecule has 0 heterocycles. The van der Waals surface area contributed by atoms with Crippen molar-refractivity contribution >= 4 is 5.97 Å². The normalized spacial score (nSPS) is 17.6. The van der Waals surface area contributed by atoms with Crippen molar-refractivity contribution in [1.82, 2.24) is 0 Å². The van der Waals surface area contributed by atoms with Crippen molar-refractivity contribution in [2.75, 3.05) is 7.11 Å². The maximum atomic E-state index is 12.0. The molecule has 16 heavy (non-hydrogen) atoms. The average molecular weight is 218 g/mol. The lowest BCUT2D eigenvalue weighted by Crippen LogP contribution is -2.43. The largest absolute Gasteiger partial charge is 0.468 e. The predicted octanol–water partition coefficient (Wildman–Crippen LogP) is 2.84. The number of carbonyl (C=O) groups is 1. The zero-order chi connectivity index (χ0) is 11.6. The van der Waals surface area contributed by atoms with Crippen LogP contribution in [-0.4, -0.2) is 13.1 Å². The van der Waals surface area contributed by atoms with Crippen LogP contribution in [0.2, 0.25) is 0 Å². The second-order valence-corrected chi connectivity index (χ2v) is 4.44. The number of hydrogen-bond acceptors (Lipinski definition) is 2. The van der Waals surface area contributed by atoms with Gasteiger partial charge in [-0.05, 0) is 30.4 Å². The number of hydrogen-bond donors (Lipinski definition) is 0. The topological polar surface area (TPSA) is 26.3 Å². The lowest BCUT2D eigenvalue weighted by molar-refractivity contribution is -0.151. The Bertz CT molecular complexity index is 391. The molecular weight excluding hydrogens is 200 g/mol. The first kappa shape index (κ1) is 11.2. The molecule has 2 nitrogen and oxygen atoms in total. The summed E-state index contributed by atoms with van der Waals surface area (Å²) in [5.41, 5.74) is 2.10. The van der Waals surface area contributed by atoms with Gasteiger partial charge in [-0.3, -0.25) is 4.79 Å². The Balaban J connectivity index is 2.44. The van der Waals surface area contributed by atoms with Crippen LogP contribution in [0.4, 0.5) is 0 Å². The maximum absolute atomic E-state index is 12.0. The molecular formula is C14H18O2. The third kappa shape index (κ3) is 1.53. The molecule has 0 spiro atoms.